The average molecular weight is 285 g/mol. The molecule has 0 aliphatic heterocycles. The summed E-state index contributed by atoms with van der Waals surface area (Å²) in [6.45, 7) is -0.0172. The second kappa shape index (κ2) is 6.10. The van der Waals surface area contributed by atoms with E-state index in [1.165, 1.54) is 7.11 Å². The molecule has 1 saturated carbocycles. The number of amides is 1. The van der Waals surface area contributed by atoms with Gasteiger partial charge in [-0.05, 0) is 18.9 Å². The summed E-state index contributed by atoms with van der Waals surface area (Å²) < 4.78 is 4.66. The van der Waals surface area contributed by atoms with Crippen molar-refractivity contribution in [1.82, 2.24) is 9.88 Å². The molecule has 0 bridgehead atoms. The first kappa shape index (κ1) is 13.9. The van der Waals surface area contributed by atoms with Gasteiger partial charge in [0, 0.05) is 12.2 Å². The Balaban J connectivity index is 2.15. The molecule has 104 valence electrons. The van der Waals surface area contributed by atoms with Crippen molar-refractivity contribution < 1.29 is 14.3 Å². The lowest BCUT2D eigenvalue weighted by Gasteiger charge is -2.27. The fourth-order valence-corrected chi connectivity index (χ4v) is 2.60. The van der Waals surface area contributed by atoms with E-state index in [2.05, 4.69) is 9.72 Å². The molecule has 0 aromatic carbocycles. The number of nitrogens with zero attached hydrogens (tertiary/aromatic N) is 1. The van der Waals surface area contributed by atoms with Crippen LogP contribution in [0, 0.1) is 0 Å². The van der Waals surface area contributed by atoms with E-state index in [9.17, 15) is 9.59 Å². The van der Waals surface area contributed by atoms with Gasteiger partial charge in [0.05, 0.1) is 12.1 Å². The van der Waals surface area contributed by atoms with Gasteiger partial charge in [-0.2, -0.15) is 0 Å². The summed E-state index contributed by atoms with van der Waals surface area (Å²) in [6, 6.07) is 1.68. The molecule has 0 radical (unpaired) electrons. The van der Waals surface area contributed by atoms with Crippen LogP contribution in [0.1, 0.15) is 36.2 Å². The summed E-state index contributed by atoms with van der Waals surface area (Å²) in [6.07, 6.45) is 5.58. The molecule has 1 amide bonds. The van der Waals surface area contributed by atoms with Crippen LogP contribution < -0.4 is 0 Å². The van der Waals surface area contributed by atoms with Crippen LogP contribution in [0.5, 0.6) is 0 Å². The van der Waals surface area contributed by atoms with Gasteiger partial charge in [-0.3, -0.25) is 9.59 Å². The topological polar surface area (TPSA) is 62.4 Å². The third kappa shape index (κ3) is 3.29. The first-order valence-electron chi connectivity index (χ1n) is 6.33. The van der Waals surface area contributed by atoms with Gasteiger partial charge in [-0.15, -0.1) is 0 Å². The molecule has 1 aromatic rings. The van der Waals surface area contributed by atoms with Gasteiger partial charge in [-0.25, -0.2) is 0 Å². The van der Waals surface area contributed by atoms with Gasteiger partial charge in [0.15, 0.2) is 0 Å². The maximum atomic E-state index is 12.4. The molecule has 1 aliphatic carbocycles. The van der Waals surface area contributed by atoms with E-state index in [1.54, 1.807) is 17.2 Å². The number of H-pyrrole nitrogens is 1. The minimum absolute atomic E-state index is 0.0172. The Kier molecular flexibility index (Phi) is 4.47. The van der Waals surface area contributed by atoms with Crippen molar-refractivity contribution in [3.63, 3.8) is 0 Å². The Morgan fingerprint density at radius 3 is 2.68 bits per heavy atom. The number of methoxy groups -OCH3 is 1. The van der Waals surface area contributed by atoms with Crippen LogP contribution in [-0.2, 0) is 9.53 Å². The Hall–Kier alpha value is -1.49. The van der Waals surface area contributed by atoms with Crippen molar-refractivity contribution in [1.29, 1.82) is 0 Å². The Morgan fingerprint density at radius 1 is 1.47 bits per heavy atom. The van der Waals surface area contributed by atoms with E-state index in [4.69, 9.17) is 11.6 Å². The van der Waals surface area contributed by atoms with Gasteiger partial charge < -0.3 is 14.6 Å². The molecule has 1 N–H and O–H groups in total. The van der Waals surface area contributed by atoms with Crippen LogP contribution in [0.4, 0.5) is 0 Å². The Bertz CT molecular complexity index is 466. The number of aromatic nitrogens is 1. The summed E-state index contributed by atoms with van der Waals surface area (Å²) in [5.41, 5.74) is 0.404. The first-order chi connectivity index (χ1) is 9.11. The van der Waals surface area contributed by atoms with E-state index in [0.717, 1.165) is 25.7 Å². The minimum atomic E-state index is -0.405. The smallest absolute Gasteiger partial charge is 0.325 e. The fourth-order valence-electron chi connectivity index (χ4n) is 2.43. The summed E-state index contributed by atoms with van der Waals surface area (Å²) in [7, 11) is 1.32. The summed E-state index contributed by atoms with van der Waals surface area (Å²) in [5, 5.41) is 0.479. The standard InChI is InChI=1S/C13H17ClN2O3/c1-19-12(17)8-16(10-4-2-3-5-10)13(18)11-6-9(14)7-15-11/h6-7,10,15H,2-5,8H2,1H3. The normalized spacial score (nSPS) is 15.5. The summed E-state index contributed by atoms with van der Waals surface area (Å²) in [4.78, 5) is 28.3. The Morgan fingerprint density at radius 2 is 2.16 bits per heavy atom. The molecule has 5 nitrogen and oxygen atoms in total. The highest BCUT2D eigenvalue weighted by atomic mass is 35.5. The molecule has 1 heterocycles. The number of hydrogen-bond donors (Lipinski definition) is 1. The number of rotatable bonds is 4. The van der Waals surface area contributed by atoms with Crippen LogP contribution in [0.2, 0.25) is 5.02 Å². The first-order valence-corrected chi connectivity index (χ1v) is 6.71. The zero-order valence-electron chi connectivity index (χ0n) is 10.8. The number of ether oxygens (including phenoxy) is 1. The zero-order chi connectivity index (χ0) is 13.8. The molecule has 19 heavy (non-hydrogen) atoms. The quantitative estimate of drug-likeness (QED) is 0.863. The van der Waals surface area contributed by atoms with E-state index in [0.29, 0.717) is 10.7 Å². The van der Waals surface area contributed by atoms with Crippen LogP contribution >= 0.6 is 11.6 Å². The molecule has 2 rings (SSSR count). The van der Waals surface area contributed by atoms with Crippen molar-refractivity contribution in [2.45, 2.75) is 31.7 Å². The van der Waals surface area contributed by atoms with E-state index >= 15 is 0 Å². The lowest BCUT2D eigenvalue weighted by atomic mass is 10.2. The van der Waals surface area contributed by atoms with Crippen LogP contribution in [0.3, 0.4) is 0 Å². The van der Waals surface area contributed by atoms with Gasteiger partial charge in [0.25, 0.3) is 5.91 Å². The lowest BCUT2D eigenvalue weighted by Crippen LogP contribution is -2.42. The molecule has 0 atom stereocenters. The molecule has 1 fully saturated rings. The SMILES string of the molecule is COC(=O)CN(C(=O)c1cc(Cl)c[nH]1)C1CCCC1. The fraction of sp³-hybridized carbons (Fsp3) is 0.538. The number of aromatic amines is 1. The van der Waals surface area contributed by atoms with Crippen molar-refractivity contribution in [2.24, 2.45) is 0 Å². The number of nitrogens with one attached hydrogen (secondary N) is 1. The maximum Gasteiger partial charge on any atom is 0.325 e. The van der Waals surface area contributed by atoms with Crippen LogP contribution in [0.15, 0.2) is 12.3 Å². The molecule has 0 unspecified atom stereocenters. The second-order valence-electron chi connectivity index (χ2n) is 4.68. The van der Waals surface area contributed by atoms with Crippen LogP contribution in [0.25, 0.3) is 0 Å². The van der Waals surface area contributed by atoms with Crippen LogP contribution in [-0.4, -0.2) is 41.5 Å². The van der Waals surface area contributed by atoms with Crippen molar-refractivity contribution >= 4 is 23.5 Å². The summed E-state index contributed by atoms with van der Waals surface area (Å²) >= 11 is 5.81. The van der Waals surface area contributed by atoms with E-state index < -0.39 is 5.97 Å². The average Bonchev–Trinajstić information content (AvgIpc) is 3.05. The maximum absolute atomic E-state index is 12.4. The molecule has 0 saturated heterocycles. The second-order valence-corrected chi connectivity index (χ2v) is 5.12. The molecular weight excluding hydrogens is 268 g/mol. The highest BCUT2D eigenvalue weighted by Gasteiger charge is 2.30. The highest BCUT2D eigenvalue weighted by molar-refractivity contribution is 6.30. The minimum Gasteiger partial charge on any atom is -0.468 e. The van der Waals surface area contributed by atoms with Crippen molar-refractivity contribution in [2.75, 3.05) is 13.7 Å². The van der Waals surface area contributed by atoms with Gasteiger partial charge in [0.2, 0.25) is 0 Å². The van der Waals surface area contributed by atoms with Gasteiger partial charge in [-0.1, -0.05) is 24.4 Å². The third-order valence-electron chi connectivity index (χ3n) is 3.43. The largest absolute Gasteiger partial charge is 0.468 e. The monoisotopic (exact) mass is 284 g/mol. The molecular formula is C13H17ClN2O3. The molecule has 1 aromatic heterocycles. The molecule has 6 heteroatoms. The third-order valence-corrected chi connectivity index (χ3v) is 3.65. The van der Waals surface area contributed by atoms with Gasteiger partial charge in [0.1, 0.15) is 12.2 Å². The van der Waals surface area contributed by atoms with E-state index in [1.807, 2.05) is 0 Å². The predicted octanol–water partition coefficient (Wildman–Crippen LogP) is 2.23. The number of esters is 1. The van der Waals surface area contributed by atoms with Crippen molar-refractivity contribution in [3.05, 3.63) is 23.0 Å². The predicted molar refractivity (Wildman–Crippen MR) is 71.1 cm³/mol. The van der Waals surface area contributed by atoms with E-state index in [-0.39, 0.29) is 18.5 Å². The lowest BCUT2D eigenvalue weighted by molar-refractivity contribution is -0.141. The number of carbonyl (C=O) groups excluding carboxylic acids is 2. The number of halogens is 1. The summed E-state index contributed by atoms with van der Waals surface area (Å²) in [5.74, 6) is -0.609. The Labute approximate surface area is 116 Å². The molecule has 0 spiro atoms. The molecule has 1 aliphatic rings. The highest BCUT2D eigenvalue weighted by Crippen LogP contribution is 2.25. The van der Waals surface area contributed by atoms with Crippen molar-refractivity contribution in [3.8, 4) is 0 Å². The number of hydrogen-bond acceptors (Lipinski definition) is 3. The number of carbonyl (C=O) groups is 2. The van der Waals surface area contributed by atoms with Gasteiger partial charge >= 0.3 is 5.97 Å². The zero-order valence-corrected chi connectivity index (χ0v) is 11.6.